The van der Waals surface area contributed by atoms with E-state index in [1.165, 1.54) is 0 Å². The van der Waals surface area contributed by atoms with E-state index in [1.54, 1.807) is 6.07 Å². The van der Waals surface area contributed by atoms with Gasteiger partial charge in [0, 0.05) is 6.54 Å². The van der Waals surface area contributed by atoms with Crippen LogP contribution >= 0.6 is 0 Å². The van der Waals surface area contributed by atoms with Crippen molar-refractivity contribution in [1.82, 2.24) is 9.80 Å². The molecule has 0 amide bonds. The van der Waals surface area contributed by atoms with Gasteiger partial charge >= 0.3 is 7.12 Å². The molecule has 118 valence electrons. The number of benzene rings is 1. The van der Waals surface area contributed by atoms with Crippen molar-refractivity contribution in [1.29, 1.82) is 0 Å². The number of hydrogen-bond donors (Lipinski definition) is 2. The molecule has 0 spiro atoms. The summed E-state index contributed by atoms with van der Waals surface area (Å²) in [6.07, 6.45) is 1.16. The molecule has 21 heavy (non-hydrogen) atoms. The summed E-state index contributed by atoms with van der Waals surface area (Å²) in [6, 6.07) is 7.54. The first kappa shape index (κ1) is 18.2. The molecule has 0 aliphatic rings. The Morgan fingerprint density at radius 3 is 2.14 bits per heavy atom. The van der Waals surface area contributed by atoms with Gasteiger partial charge in [-0.2, -0.15) is 0 Å². The van der Waals surface area contributed by atoms with Crippen LogP contribution in [0.15, 0.2) is 24.3 Å². The molecular weight excluding hydrogens is 263 g/mol. The van der Waals surface area contributed by atoms with Crippen molar-refractivity contribution in [3.8, 4) is 0 Å². The molecule has 0 aliphatic heterocycles. The summed E-state index contributed by atoms with van der Waals surface area (Å²) in [6.45, 7) is 12.9. The third-order valence-electron chi connectivity index (χ3n) is 3.95. The number of hydrogen-bond acceptors (Lipinski definition) is 4. The Morgan fingerprint density at radius 2 is 1.57 bits per heavy atom. The van der Waals surface area contributed by atoms with Crippen molar-refractivity contribution in [3.05, 3.63) is 29.8 Å². The van der Waals surface area contributed by atoms with E-state index in [0.717, 1.165) is 51.3 Å². The van der Waals surface area contributed by atoms with Crippen molar-refractivity contribution >= 4 is 12.6 Å². The van der Waals surface area contributed by atoms with Crippen LogP contribution in [-0.2, 0) is 6.54 Å². The predicted molar refractivity (Wildman–Crippen MR) is 89.6 cm³/mol. The van der Waals surface area contributed by atoms with Gasteiger partial charge in [-0.15, -0.1) is 0 Å². The first-order valence-corrected chi connectivity index (χ1v) is 8.00. The molecule has 1 aromatic rings. The third kappa shape index (κ3) is 6.61. The van der Waals surface area contributed by atoms with Crippen LogP contribution < -0.4 is 5.46 Å². The Kier molecular flexibility index (Phi) is 8.61. The van der Waals surface area contributed by atoms with Crippen LogP contribution in [0.5, 0.6) is 0 Å². The zero-order valence-corrected chi connectivity index (χ0v) is 13.6. The average Bonchev–Trinajstić information content (AvgIpc) is 2.50. The van der Waals surface area contributed by atoms with E-state index in [-0.39, 0.29) is 0 Å². The number of nitrogens with zero attached hydrogens (tertiary/aromatic N) is 2. The fourth-order valence-corrected chi connectivity index (χ4v) is 2.52. The molecule has 0 saturated carbocycles. The van der Waals surface area contributed by atoms with E-state index in [2.05, 4.69) is 30.6 Å². The highest BCUT2D eigenvalue weighted by Crippen LogP contribution is 2.05. The lowest BCUT2D eigenvalue weighted by atomic mass is 9.79. The normalized spacial score (nSPS) is 11.4. The van der Waals surface area contributed by atoms with Crippen LogP contribution in [0.25, 0.3) is 0 Å². The largest absolute Gasteiger partial charge is 0.488 e. The highest BCUT2D eigenvalue weighted by atomic mass is 16.4. The van der Waals surface area contributed by atoms with Gasteiger partial charge in [-0.1, -0.05) is 45.0 Å². The van der Waals surface area contributed by atoms with E-state index < -0.39 is 7.12 Å². The highest BCUT2D eigenvalue weighted by Gasteiger charge is 2.12. The van der Waals surface area contributed by atoms with Gasteiger partial charge < -0.3 is 14.9 Å². The first-order chi connectivity index (χ1) is 10.1. The van der Waals surface area contributed by atoms with Crippen LogP contribution in [0.1, 0.15) is 32.8 Å². The minimum Gasteiger partial charge on any atom is -0.423 e. The van der Waals surface area contributed by atoms with Gasteiger partial charge in [0.25, 0.3) is 0 Å². The molecule has 0 saturated heterocycles. The van der Waals surface area contributed by atoms with Crippen molar-refractivity contribution in [2.24, 2.45) is 0 Å². The molecule has 0 heterocycles. The smallest absolute Gasteiger partial charge is 0.423 e. The van der Waals surface area contributed by atoms with Crippen LogP contribution in [0.3, 0.4) is 0 Å². The Labute approximate surface area is 129 Å². The van der Waals surface area contributed by atoms with E-state index in [1.807, 2.05) is 18.2 Å². The molecule has 0 unspecified atom stereocenters. The maximum atomic E-state index is 9.23. The topological polar surface area (TPSA) is 46.9 Å². The third-order valence-corrected chi connectivity index (χ3v) is 3.95. The summed E-state index contributed by atoms with van der Waals surface area (Å²) < 4.78 is 0. The van der Waals surface area contributed by atoms with Gasteiger partial charge in [-0.3, -0.25) is 4.90 Å². The van der Waals surface area contributed by atoms with Crippen LogP contribution in [0.4, 0.5) is 0 Å². The monoisotopic (exact) mass is 292 g/mol. The molecule has 1 aromatic carbocycles. The maximum absolute atomic E-state index is 9.23. The van der Waals surface area contributed by atoms with E-state index >= 15 is 0 Å². The van der Waals surface area contributed by atoms with Crippen molar-refractivity contribution in [3.63, 3.8) is 0 Å². The van der Waals surface area contributed by atoms with Gasteiger partial charge in [-0.25, -0.2) is 0 Å². The molecule has 0 aromatic heterocycles. The van der Waals surface area contributed by atoms with E-state index in [9.17, 15) is 10.0 Å². The molecule has 2 N–H and O–H groups in total. The maximum Gasteiger partial charge on any atom is 0.488 e. The summed E-state index contributed by atoms with van der Waals surface area (Å²) in [5, 5.41) is 18.5. The SMILES string of the molecule is CCN(CC)CCCN(CC)Cc1cccc(B(O)O)c1. The molecule has 0 aliphatic carbocycles. The lowest BCUT2D eigenvalue weighted by Gasteiger charge is -2.23. The Morgan fingerprint density at radius 1 is 0.952 bits per heavy atom. The van der Waals surface area contributed by atoms with Gasteiger partial charge in [0.15, 0.2) is 0 Å². The minimum absolute atomic E-state index is 0.562. The molecule has 1 rings (SSSR count). The van der Waals surface area contributed by atoms with Gasteiger partial charge in [0.05, 0.1) is 0 Å². The minimum atomic E-state index is -1.39. The van der Waals surface area contributed by atoms with Gasteiger partial charge in [0.2, 0.25) is 0 Å². The Bertz CT molecular complexity index is 398. The fraction of sp³-hybridized carbons (Fsp3) is 0.625. The molecule has 0 fully saturated rings. The lowest BCUT2D eigenvalue weighted by molar-refractivity contribution is 0.238. The molecule has 0 radical (unpaired) electrons. The summed E-state index contributed by atoms with van der Waals surface area (Å²) in [5.41, 5.74) is 1.69. The fourth-order valence-electron chi connectivity index (χ4n) is 2.52. The standard InChI is InChI=1S/C16H29BN2O2/c1-4-18(5-2)11-8-12-19(6-3)14-15-9-7-10-16(13-15)17(20)21/h7,9-10,13,20-21H,4-6,8,11-12,14H2,1-3H3. The van der Waals surface area contributed by atoms with E-state index in [0.29, 0.717) is 5.46 Å². The average molecular weight is 292 g/mol. The zero-order chi connectivity index (χ0) is 15.7. The summed E-state index contributed by atoms with van der Waals surface area (Å²) in [5.74, 6) is 0. The van der Waals surface area contributed by atoms with Crippen molar-refractivity contribution < 1.29 is 10.0 Å². The highest BCUT2D eigenvalue weighted by molar-refractivity contribution is 6.58. The molecular formula is C16H29BN2O2. The molecule has 5 heteroatoms. The molecule has 0 atom stereocenters. The van der Waals surface area contributed by atoms with Gasteiger partial charge in [-0.05, 0) is 50.2 Å². The summed E-state index contributed by atoms with van der Waals surface area (Å²) in [4.78, 5) is 4.84. The Balaban J connectivity index is 2.48. The number of rotatable bonds is 10. The first-order valence-electron chi connectivity index (χ1n) is 8.00. The van der Waals surface area contributed by atoms with Crippen LogP contribution in [-0.4, -0.2) is 59.7 Å². The zero-order valence-electron chi connectivity index (χ0n) is 13.6. The lowest BCUT2D eigenvalue weighted by Crippen LogP contribution is -2.32. The molecule has 0 bridgehead atoms. The van der Waals surface area contributed by atoms with E-state index in [4.69, 9.17) is 0 Å². The van der Waals surface area contributed by atoms with Crippen LogP contribution in [0.2, 0.25) is 0 Å². The summed E-state index contributed by atoms with van der Waals surface area (Å²) in [7, 11) is -1.39. The predicted octanol–water partition coefficient (Wildman–Crippen LogP) is 0.920. The van der Waals surface area contributed by atoms with Crippen molar-refractivity contribution in [2.45, 2.75) is 33.7 Å². The second kappa shape index (κ2) is 9.95. The Hall–Kier alpha value is -0.875. The summed E-state index contributed by atoms with van der Waals surface area (Å²) >= 11 is 0. The van der Waals surface area contributed by atoms with Gasteiger partial charge in [0.1, 0.15) is 0 Å². The quantitative estimate of drug-likeness (QED) is 0.630. The second-order valence-electron chi connectivity index (χ2n) is 5.37. The van der Waals surface area contributed by atoms with Crippen molar-refractivity contribution in [2.75, 3.05) is 32.7 Å². The van der Waals surface area contributed by atoms with Crippen LogP contribution in [0, 0.1) is 0 Å². The molecule has 4 nitrogen and oxygen atoms in total. The second-order valence-corrected chi connectivity index (χ2v) is 5.37.